The standard InChI is InChI=1S/C15H21N3O/c1-12(2)8-10-18(3)15(19)14-7-6-13(11-17-14)5-4-9-16/h6-7,11-12H,8-10,16H2,1-3H3. The van der Waals surface area contributed by atoms with Gasteiger partial charge in [-0.2, -0.15) is 0 Å². The van der Waals surface area contributed by atoms with E-state index in [0.717, 1.165) is 18.5 Å². The smallest absolute Gasteiger partial charge is 0.272 e. The Hall–Kier alpha value is -1.86. The van der Waals surface area contributed by atoms with Crippen molar-refractivity contribution in [3.8, 4) is 11.8 Å². The molecule has 0 aliphatic carbocycles. The van der Waals surface area contributed by atoms with Gasteiger partial charge in [0, 0.05) is 25.4 Å². The maximum atomic E-state index is 12.1. The number of carbonyl (C=O) groups excluding carboxylic acids is 1. The number of nitrogens with zero attached hydrogens (tertiary/aromatic N) is 2. The van der Waals surface area contributed by atoms with Gasteiger partial charge in [-0.05, 0) is 24.5 Å². The summed E-state index contributed by atoms with van der Waals surface area (Å²) in [6.07, 6.45) is 2.59. The lowest BCUT2D eigenvalue weighted by molar-refractivity contribution is 0.0783. The molecule has 0 spiro atoms. The zero-order chi connectivity index (χ0) is 14.3. The second-order valence-corrected chi connectivity index (χ2v) is 4.85. The van der Waals surface area contributed by atoms with Gasteiger partial charge in [0.2, 0.25) is 0 Å². The Balaban J connectivity index is 2.67. The van der Waals surface area contributed by atoms with Crippen LogP contribution in [-0.2, 0) is 0 Å². The van der Waals surface area contributed by atoms with Crippen molar-refractivity contribution in [1.82, 2.24) is 9.88 Å². The van der Waals surface area contributed by atoms with Gasteiger partial charge in [-0.3, -0.25) is 4.79 Å². The minimum absolute atomic E-state index is 0.0565. The third kappa shape index (κ3) is 5.11. The molecular formula is C15H21N3O. The van der Waals surface area contributed by atoms with E-state index in [0.29, 0.717) is 18.2 Å². The van der Waals surface area contributed by atoms with E-state index in [2.05, 4.69) is 30.7 Å². The minimum atomic E-state index is -0.0565. The van der Waals surface area contributed by atoms with Crippen LogP contribution in [0.5, 0.6) is 0 Å². The molecule has 0 saturated carbocycles. The summed E-state index contributed by atoms with van der Waals surface area (Å²) >= 11 is 0. The number of hydrogen-bond donors (Lipinski definition) is 1. The predicted octanol–water partition coefficient (Wildman–Crippen LogP) is 1.51. The van der Waals surface area contributed by atoms with Gasteiger partial charge < -0.3 is 10.6 Å². The SMILES string of the molecule is CC(C)CCN(C)C(=O)c1ccc(C#CCN)cn1. The zero-order valence-corrected chi connectivity index (χ0v) is 11.8. The van der Waals surface area contributed by atoms with E-state index in [4.69, 9.17) is 5.73 Å². The van der Waals surface area contributed by atoms with Gasteiger partial charge in [-0.15, -0.1) is 0 Å². The first-order chi connectivity index (χ1) is 9.04. The lowest BCUT2D eigenvalue weighted by atomic mass is 10.1. The number of carbonyl (C=O) groups is 1. The Morgan fingerprint density at radius 1 is 1.47 bits per heavy atom. The molecule has 1 rings (SSSR count). The second kappa shape index (κ2) is 7.55. The van der Waals surface area contributed by atoms with Crippen LogP contribution < -0.4 is 5.73 Å². The summed E-state index contributed by atoms with van der Waals surface area (Å²) in [4.78, 5) is 17.9. The molecule has 1 aromatic rings. The molecule has 1 aromatic heterocycles. The molecule has 0 aromatic carbocycles. The van der Waals surface area contributed by atoms with Crippen LogP contribution in [0.3, 0.4) is 0 Å². The first-order valence-electron chi connectivity index (χ1n) is 6.45. The highest BCUT2D eigenvalue weighted by atomic mass is 16.2. The lowest BCUT2D eigenvalue weighted by Crippen LogP contribution is -2.29. The highest BCUT2D eigenvalue weighted by Crippen LogP contribution is 2.05. The largest absolute Gasteiger partial charge is 0.340 e. The Morgan fingerprint density at radius 3 is 2.74 bits per heavy atom. The van der Waals surface area contributed by atoms with E-state index in [1.165, 1.54) is 0 Å². The van der Waals surface area contributed by atoms with Crippen molar-refractivity contribution < 1.29 is 4.79 Å². The van der Waals surface area contributed by atoms with Crippen LogP contribution in [0, 0.1) is 17.8 Å². The molecule has 1 heterocycles. The molecule has 4 nitrogen and oxygen atoms in total. The molecule has 0 aliphatic heterocycles. The normalized spacial score (nSPS) is 9.95. The molecule has 4 heteroatoms. The van der Waals surface area contributed by atoms with Crippen molar-refractivity contribution in [2.75, 3.05) is 20.1 Å². The van der Waals surface area contributed by atoms with Gasteiger partial charge in [0.25, 0.3) is 5.91 Å². The summed E-state index contributed by atoms with van der Waals surface area (Å²) < 4.78 is 0. The van der Waals surface area contributed by atoms with Gasteiger partial charge in [-0.1, -0.05) is 25.7 Å². The topological polar surface area (TPSA) is 59.2 Å². The van der Waals surface area contributed by atoms with E-state index in [9.17, 15) is 4.79 Å². The first kappa shape index (κ1) is 15.2. The highest BCUT2D eigenvalue weighted by molar-refractivity contribution is 5.92. The molecule has 19 heavy (non-hydrogen) atoms. The lowest BCUT2D eigenvalue weighted by Gasteiger charge is -2.17. The fraction of sp³-hybridized carbons (Fsp3) is 0.467. The Labute approximate surface area is 115 Å². The average molecular weight is 259 g/mol. The number of amides is 1. The summed E-state index contributed by atoms with van der Waals surface area (Å²) in [5.74, 6) is 6.15. The number of aromatic nitrogens is 1. The minimum Gasteiger partial charge on any atom is -0.340 e. The number of pyridine rings is 1. The molecule has 0 radical (unpaired) electrons. The van der Waals surface area contributed by atoms with Gasteiger partial charge in [0.1, 0.15) is 5.69 Å². The first-order valence-corrected chi connectivity index (χ1v) is 6.45. The summed E-state index contributed by atoms with van der Waals surface area (Å²) in [6.45, 7) is 5.34. The summed E-state index contributed by atoms with van der Waals surface area (Å²) in [5.41, 5.74) is 6.52. The van der Waals surface area contributed by atoms with Crippen LogP contribution in [0.4, 0.5) is 0 Å². The summed E-state index contributed by atoms with van der Waals surface area (Å²) in [6, 6.07) is 3.49. The Bertz CT molecular complexity index is 468. The molecular weight excluding hydrogens is 238 g/mol. The van der Waals surface area contributed by atoms with Gasteiger partial charge in [-0.25, -0.2) is 4.98 Å². The second-order valence-electron chi connectivity index (χ2n) is 4.85. The molecule has 0 unspecified atom stereocenters. The fourth-order valence-electron chi connectivity index (χ4n) is 1.50. The van der Waals surface area contributed by atoms with Gasteiger partial charge >= 0.3 is 0 Å². The molecule has 2 N–H and O–H groups in total. The van der Waals surface area contributed by atoms with E-state index in [1.54, 1.807) is 30.3 Å². The molecule has 0 fully saturated rings. The van der Waals surface area contributed by atoms with Crippen molar-refractivity contribution in [3.63, 3.8) is 0 Å². The van der Waals surface area contributed by atoms with Crippen LogP contribution in [0.2, 0.25) is 0 Å². The quantitative estimate of drug-likeness (QED) is 0.834. The molecule has 0 saturated heterocycles. The molecule has 1 amide bonds. The maximum Gasteiger partial charge on any atom is 0.272 e. The summed E-state index contributed by atoms with van der Waals surface area (Å²) in [7, 11) is 1.80. The van der Waals surface area contributed by atoms with E-state index >= 15 is 0 Å². The number of hydrogen-bond acceptors (Lipinski definition) is 3. The van der Waals surface area contributed by atoms with Crippen molar-refractivity contribution in [3.05, 3.63) is 29.6 Å². The van der Waals surface area contributed by atoms with Gasteiger partial charge in [0.05, 0.1) is 6.54 Å². The van der Waals surface area contributed by atoms with E-state index in [-0.39, 0.29) is 5.91 Å². The zero-order valence-electron chi connectivity index (χ0n) is 11.8. The average Bonchev–Trinajstić information content (AvgIpc) is 2.42. The van der Waals surface area contributed by atoms with E-state index < -0.39 is 0 Å². The predicted molar refractivity (Wildman–Crippen MR) is 76.6 cm³/mol. The Morgan fingerprint density at radius 2 is 2.21 bits per heavy atom. The van der Waals surface area contributed by atoms with Crippen LogP contribution in [0.25, 0.3) is 0 Å². The monoisotopic (exact) mass is 259 g/mol. The maximum absolute atomic E-state index is 12.1. The number of rotatable bonds is 4. The van der Waals surface area contributed by atoms with Crippen LogP contribution >= 0.6 is 0 Å². The van der Waals surface area contributed by atoms with Crippen LogP contribution in [0.15, 0.2) is 18.3 Å². The van der Waals surface area contributed by atoms with Crippen LogP contribution in [-0.4, -0.2) is 35.9 Å². The molecule has 0 bridgehead atoms. The van der Waals surface area contributed by atoms with Crippen molar-refractivity contribution in [2.45, 2.75) is 20.3 Å². The van der Waals surface area contributed by atoms with Crippen molar-refractivity contribution in [2.24, 2.45) is 11.7 Å². The highest BCUT2D eigenvalue weighted by Gasteiger charge is 2.12. The fourth-order valence-corrected chi connectivity index (χ4v) is 1.50. The van der Waals surface area contributed by atoms with Crippen LogP contribution in [0.1, 0.15) is 36.3 Å². The van der Waals surface area contributed by atoms with Crippen molar-refractivity contribution >= 4 is 5.91 Å². The molecule has 0 atom stereocenters. The molecule has 0 aliphatic rings. The molecule has 102 valence electrons. The summed E-state index contributed by atoms with van der Waals surface area (Å²) in [5, 5.41) is 0. The number of nitrogens with two attached hydrogens (primary N) is 1. The third-order valence-electron chi connectivity index (χ3n) is 2.71. The van der Waals surface area contributed by atoms with Gasteiger partial charge in [0.15, 0.2) is 0 Å². The Kier molecular flexibility index (Phi) is 6.04. The van der Waals surface area contributed by atoms with E-state index in [1.807, 2.05) is 0 Å². The van der Waals surface area contributed by atoms with Crippen molar-refractivity contribution in [1.29, 1.82) is 0 Å². The third-order valence-corrected chi connectivity index (χ3v) is 2.71.